The van der Waals surface area contributed by atoms with Gasteiger partial charge in [0.1, 0.15) is 0 Å². The van der Waals surface area contributed by atoms with Crippen LogP contribution in [0.3, 0.4) is 0 Å². The number of hydrogen-bond acceptors (Lipinski definition) is 1. The zero-order chi connectivity index (χ0) is 4.57. The van der Waals surface area contributed by atoms with E-state index in [0.29, 0.717) is 6.04 Å². The van der Waals surface area contributed by atoms with Crippen molar-refractivity contribution in [2.24, 2.45) is 10.9 Å². The van der Waals surface area contributed by atoms with E-state index in [-0.39, 0.29) is 0 Å². The molecule has 1 heteroatoms. The van der Waals surface area contributed by atoms with Crippen LogP contribution in [0.15, 0.2) is 4.99 Å². The Morgan fingerprint density at radius 3 is 2.00 bits per heavy atom. The van der Waals surface area contributed by atoms with E-state index in [1.807, 2.05) is 6.21 Å². The summed E-state index contributed by atoms with van der Waals surface area (Å²) in [5, 5.41) is 0. The molecule has 0 aromatic carbocycles. The van der Waals surface area contributed by atoms with E-state index in [1.165, 1.54) is 0 Å². The molecule has 0 aromatic rings. The molecule has 0 aromatic heterocycles. The first kappa shape index (κ1) is 3.85. The van der Waals surface area contributed by atoms with Crippen LogP contribution >= 0.6 is 0 Å². The molecule has 1 aliphatic heterocycles. The Balaban J connectivity index is 2.45. The molecule has 0 saturated carbocycles. The van der Waals surface area contributed by atoms with Gasteiger partial charge in [0.15, 0.2) is 0 Å². The first-order valence-corrected chi connectivity index (χ1v) is 2.34. The molecule has 0 N–H and O–H groups in total. The molecule has 2 atom stereocenters. The van der Waals surface area contributed by atoms with Crippen LogP contribution in [-0.4, -0.2) is 12.3 Å². The summed E-state index contributed by atoms with van der Waals surface area (Å²) in [7, 11) is 0. The molecule has 0 aliphatic carbocycles. The molecule has 1 aliphatic rings. The lowest BCUT2D eigenvalue weighted by Crippen LogP contribution is -2.22. The highest BCUT2D eigenvalue weighted by atomic mass is 14.8. The lowest BCUT2D eigenvalue weighted by Gasteiger charge is -2.19. The van der Waals surface area contributed by atoms with Gasteiger partial charge in [0, 0.05) is 12.1 Å². The molecular formula is C5H9N. The van der Waals surface area contributed by atoms with Crippen molar-refractivity contribution in [3.8, 4) is 0 Å². The van der Waals surface area contributed by atoms with Gasteiger partial charge in [0.25, 0.3) is 0 Å². The molecule has 0 bridgehead atoms. The van der Waals surface area contributed by atoms with Gasteiger partial charge >= 0.3 is 0 Å². The van der Waals surface area contributed by atoms with Crippen LogP contribution in [0.5, 0.6) is 0 Å². The first-order valence-electron chi connectivity index (χ1n) is 2.34. The lowest BCUT2D eigenvalue weighted by atomic mass is 10.0. The number of rotatable bonds is 0. The smallest absolute Gasteiger partial charge is 0.0542 e. The molecule has 0 spiro atoms. The second kappa shape index (κ2) is 1.07. The zero-order valence-electron chi connectivity index (χ0n) is 4.18. The quantitative estimate of drug-likeness (QED) is 0.416. The minimum absolute atomic E-state index is 0.602. The fraction of sp³-hybridized carbons (Fsp3) is 0.800. The fourth-order valence-corrected chi connectivity index (χ4v) is 0.430. The van der Waals surface area contributed by atoms with Crippen molar-refractivity contribution in [3.63, 3.8) is 0 Å². The van der Waals surface area contributed by atoms with E-state index in [0.717, 1.165) is 5.92 Å². The summed E-state index contributed by atoms with van der Waals surface area (Å²) in [6.07, 6.45) is 1.99. The van der Waals surface area contributed by atoms with Gasteiger partial charge in [0.05, 0.1) is 6.04 Å². The normalized spacial score (nSPS) is 42.3. The van der Waals surface area contributed by atoms with Crippen LogP contribution in [0.4, 0.5) is 0 Å². The van der Waals surface area contributed by atoms with Crippen LogP contribution in [-0.2, 0) is 0 Å². The third-order valence-electron chi connectivity index (χ3n) is 1.32. The summed E-state index contributed by atoms with van der Waals surface area (Å²) >= 11 is 0. The van der Waals surface area contributed by atoms with Crippen LogP contribution < -0.4 is 0 Å². The summed E-state index contributed by atoms with van der Waals surface area (Å²) in [4.78, 5) is 4.03. The topological polar surface area (TPSA) is 12.4 Å². The number of nitrogens with zero attached hydrogens (tertiary/aromatic N) is 1. The Hall–Kier alpha value is -0.330. The van der Waals surface area contributed by atoms with E-state index in [9.17, 15) is 0 Å². The summed E-state index contributed by atoms with van der Waals surface area (Å²) in [6.45, 7) is 4.31. The monoisotopic (exact) mass is 83.1 g/mol. The molecule has 6 heavy (non-hydrogen) atoms. The maximum atomic E-state index is 4.03. The molecule has 34 valence electrons. The minimum Gasteiger partial charge on any atom is -0.293 e. The summed E-state index contributed by atoms with van der Waals surface area (Å²) in [6, 6.07) is 0.602. The third kappa shape index (κ3) is 0.348. The van der Waals surface area contributed by atoms with Crippen molar-refractivity contribution >= 4 is 6.21 Å². The molecule has 0 amide bonds. The summed E-state index contributed by atoms with van der Waals surface area (Å²) in [5.74, 6) is 0.741. The SMILES string of the molecule is CC1C=NC1C. The number of hydrogen-bond donors (Lipinski definition) is 0. The van der Waals surface area contributed by atoms with Crippen LogP contribution in [0.2, 0.25) is 0 Å². The van der Waals surface area contributed by atoms with Crippen molar-refractivity contribution in [1.82, 2.24) is 0 Å². The zero-order valence-corrected chi connectivity index (χ0v) is 4.18. The maximum absolute atomic E-state index is 4.03. The van der Waals surface area contributed by atoms with Crippen molar-refractivity contribution < 1.29 is 0 Å². The maximum Gasteiger partial charge on any atom is 0.0542 e. The average Bonchev–Trinajstić information content (AvgIpc) is 1.61. The molecule has 0 radical (unpaired) electrons. The van der Waals surface area contributed by atoms with Gasteiger partial charge in [-0.3, -0.25) is 4.99 Å². The van der Waals surface area contributed by atoms with E-state index in [2.05, 4.69) is 18.8 Å². The molecule has 0 saturated heterocycles. The van der Waals surface area contributed by atoms with Crippen molar-refractivity contribution in [2.75, 3.05) is 0 Å². The van der Waals surface area contributed by atoms with Gasteiger partial charge < -0.3 is 0 Å². The highest BCUT2D eigenvalue weighted by molar-refractivity contribution is 5.67. The van der Waals surface area contributed by atoms with E-state index >= 15 is 0 Å². The Labute approximate surface area is 38.1 Å². The molecule has 1 nitrogen and oxygen atoms in total. The average molecular weight is 83.1 g/mol. The van der Waals surface area contributed by atoms with E-state index in [1.54, 1.807) is 0 Å². The van der Waals surface area contributed by atoms with Crippen molar-refractivity contribution in [1.29, 1.82) is 0 Å². The molecule has 1 rings (SSSR count). The van der Waals surface area contributed by atoms with E-state index < -0.39 is 0 Å². The second-order valence-electron chi connectivity index (χ2n) is 1.90. The van der Waals surface area contributed by atoms with Gasteiger partial charge in [-0.1, -0.05) is 6.92 Å². The second-order valence-corrected chi connectivity index (χ2v) is 1.90. The Kier molecular flexibility index (Phi) is 0.685. The third-order valence-corrected chi connectivity index (χ3v) is 1.32. The molecule has 2 unspecified atom stereocenters. The Bertz CT molecular complexity index is 66.0. The summed E-state index contributed by atoms with van der Waals surface area (Å²) < 4.78 is 0. The van der Waals surface area contributed by atoms with E-state index in [4.69, 9.17) is 0 Å². The lowest BCUT2D eigenvalue weighted by molar-refractivity contribution is 0.569. The Morgan fingerprint density at radius 2 is 2.00 bits per heavy atom. The highest BCUT2D eigenvalue weighted by Crippen LogP contribution is 2.11. The Morgan fingerprint density at radius 1 is 1.50 bits per heavy atom. The predicted molar refractivity (Wildman–Crippen MR) is 27.1 cm³/mol. The summed E-state index contributed by atoms with van der Waals surface area (Å²) in [5.41, 5.74) is 0. The van der Waals surface area contributed by atoms with Gasteiger partial charge in [-0.25, -0.2) is 0 Å². The molecule has 0 fully saturated rings. The fourth-order valence-electron chi connectivity index (χ4n) is 0.430. The molecule has 1 heterocycles. The number of aliphatic imine (C=N–C) groups is 1. The van der Waals surface area contributed by atoms with Gasteiger partial charge in [-0.15, -0.1) is 0 Å². The molecular weight excluding hydrogens is 74.1 g/mol. The van der Waals surface area contributed by atoms with Crippen molar-refractivity contribution in [3.05, 3.63) is 0 Å². The van der Waals surface area contributed by atoms with Crippen LogP contribution in [0.1, 0.15) is 13.8 Å². The van der Waals surface area contributed by atoms with Gasteiger partial charge in [0.2, 0.25) is 0 Å². The van der Waals surface area contributed by atoms with Crippen LogP contribution in [0, 0.1) is 5.92 Å². The largest absolute Gasteiger partial charge is 0.293 e. The minimum atomic E-state index is 0.602. The first-order chi connectivity index (χ1) is 2.80. The van der Waals surface area contributed by atoms with Gasteiger partial charge in [-0.2, -0.15) is 0 Å². The van der Waals surface area contributed by atoms with Crippen molar-refractivity contribution in [2.45, 2.75) is 19.9 Å². The standard InChI is InChI=1S/C5H9N/c1-4-3-6-5(4)2/h3-5H,1-2H3. The van der Waals surface area contributed by atoms with Gasteiger partial charge in [-0.05, 0) is 6.92 Å². The predicted octanol–water partition coefficient (Wildman–Crippen LogP) is 1.10. The van der Waals surface area contributed by atoms with Crippen LogP contribution in [0.25, 0.3) is 0 Å². The highest BCUT2D eigenvalue weighted by Gasteiger charge is 2.13.